The van der Waals surface area contributed by atoms with Gasteiger partial charge in [-0.3, -0.25) is 14.4 Å². The minimum Gasteiger partial charge on any atom is -0.365 e. The number of likely N-dealkylation sites (N-methyl/N-ethyl adjacent to an activating group) is 1. The molecule has 0 unspecified atom stereocenters. The Kier molecular flexibility index (Phi) is 9.15. The Morgan fingerprint density at radius 1 is 1.03 bits per heavy atom. The van der Waals surface area contributed by atoms with Gasteiger partial charge < -0.3 is 26.2 Å². The zero-order chi connectivity index (χ0) is 26.4. The van der Waals surface area contributed by atoms with Crippen LogP contribution in [-0.4, -0.2) is 66.4 Å². The lowest BCUT2D eigenvalue weighted by atomic mass is 9.83. The molecule has 2 aliphatic rings. The van der Waals surface area contributed by atoms with Crippen molar-refractivity contribution in [3.8, 4) is 11.3 Å². The Balaban J connectivity index is 1.53. The third-order valence-electron chi connectivity index (χ3n) is 7.47. The molecule has 4 N–H and O–H groups in total. The molecule has 0 radical (unpaired) electrons. The first-order valence-corrected chi connectivity index (χ1v) is 14.1. The zero-order valence-electron chi connectivity index (χ0n) is 21.9. The molecular formula is C27H38N6O3S. The lowest BCUT2D eigenvalue weighted by Gasteiger charge is -2.35. The monoisotopic (exact) mass is 526 g/mol. The fourth-order valence-corrected chi connectivity index (χ4v) is 6.08. The third-order valence-corrected chi connectivity index (χ3v) is 8.46. The molecular weight excluding hydrogens is 488 g/mol. The topological polar surface area (TPSA) is 115 Å². The molecule has 2 heterocycles. The molecule has 10 heteroatoms. The quantitative estimate of drug-likeness (QED) is 0.398. The average Bonchev–Trinajstić information content (AvgIpc) is 3.59. The minimum absolute atomic E-state index is 0.0860. The molecule has 200 valence electrons. The van der Waals surface area contributed by atoms with Crippen LogP contribution in [0.3, 0.4) is 0 Å². The Morgan fingerprint density at radius 3 is 2.43 bits per heavy atom. The summed E-state index contributed by atoms with van der Waals surface area (Å²) >= 11 is 1.37. The second kappa shape index (κ2) is 12.5. The van der Waals surface area contributed by atoms with Crippen LogP contribution in [-0.2, 0) is 14.4 Å². The summed E-state index contributed by atoms with van der Waals surface area (Å²) in [6, 6.07) is 8.13. The van der Waals surface area contributed by atoms with Crippen LogP contribution in [0.15, 0.2) is 30.3 Å². The van der Waals surface area contributed by atoms with Gasteiger partial charge in [-0.1, -0.05) is 60.9 Å². The van der Waals surface area contributed by atoms with Crippen LogP contribution in [0.1, 0.15) is 51.9 Å². The van der Waals surface area contributed by atoms with Crippen molar-refractivity contribution in [3.05, 3.63) is 30.3 Å². The number of amides is 3. The van der Waals surface area contributed by atoms with Gasteiger partial charge in [0.25, 0.3) is 0 Å². The summed E-state index contributed by atoms with van der Waals surface area (Å²) in [4.78, 5) is 46.5. The molecule has 1 aromatic carbocycles. The van der Waals surface area contributed by atoms with Gasteiger partial charge in [0.2, 0.25) is 17.7 Å². The van der Waals surface area contributed by atoms with Crippen LogP contribution in [0.25, 0.3) is 11.3 Å². The first kappa shape index (κ1) is 27.1. The van der Waals surface area contributed by atoms with Crippen LogP contribution in [0, 0.1) is 5.92 Å². The molecule has 0 spiro atoms. The van der Waals surface area contributed by atoms with E-state index in [4.69, 9.17) is 0 Å². The SMILES string of the molecule is CNc1nc(-c2ccccc2)c(NC(=O)[C@@H]2CCCN2C(=O)[C@@H](NC(=O)[C@H](C)NC)C2CCCCC2)s1. The van der Waals surface area contributed by atoms with Crippen molar-refractivity contribution in [2.24, 2.45) is 5.92 Å². The van der Waals surface area contributed by atoms with Crippen LogP contribution in [0.2, 0.25) is 0 Å². The Morgan fingerprint density at radius 2 is 1.76 bits per heavy atom. The van der Waals surface area contributed by atoms with Crippen molar-refractivity contribution >= 4 is 39.2 Å². The first-order chi connectivity index (χ1) is 17.9. The summed E-state index contributed by atoms with van der Waals surface area (Å²) in [5.41, 5.74) is 1.61. The number of carbonyl (C=O) groups is 3. The summed E-state index contributed by atoms with van der Waals surface area (Å²) in [5.74, 6) is -0.470. The standard InChI is InChI=1S/C27H38N6O3S/c1-17(28-2)23(34)30-22(19-13-8-5-9-14-19)26(36)33-16-10-15-20(33)24(35)32-25-21(31-27(29-3)37-25)18-11-6-4-7-12-18/h4,6-7,11-12,17,19-20,22,28H,5,8-10,13-16H2,1-3H3,(H,29,31)(H,30,34)(H,32,35)/t17-,20-,22-/m0/s1. The van der Waals surface area contributed by atoms with Crippen molar-refractivity contribution in [3.63, 3.8) is 0 Å². The molecule has 1 aliphatic carbocycles. The van der Waals surface area contributed by atoms with E-state index in [9.17, 15) is 14.4 Å². The van der Waals surface area contributed by atoms with Gasteiger partial charge in [0.1, 0.15) is 22.8 Å². The number of anilines is 2. The number of carbonyl (C=O) groups excluding carboxylic acids is 3. The number of nitrogens with zero attached hydrogens (tertiary/aromatic N) is 2. The molecule has 3 atom stereocenters. The second-order valence-electron chi connectivity index (χ2n) is 9.89. The van der Waals surface area contributed by atoms with Crippen molar-refractivity contribution in [2.45, 2.75) is 70.0 Å². The number of nitrogens with one attached hydrogen (secondary N) is 4. The van der Waals surface area contributed by atoms with Crippen LogP contribution in [0.4, 0.5) is 10.1 Å². The molecule has 1 saturated carbocycles. The summed E-state index contributed by atoms with van der Waals surface area (Å²) in [5, 5.41) is 13.4. The molecule has 1 aromatic heterocycles. The van der Waals surface area contributed by atoms with E-state index in [1.165, 1.54) is 11.3 Å². The average molecular weight is 527 g/mol. The highest BCUT2D eigenvalue weighted by Gasteiger charge is 2.41. The summed E-state index contributed by atoms with van der Waals surface area (Å²) in [6.45, 7) is 2.29. The van der Waals surface area contributed by atoms with E-state index >= 15 is 0 Å². The molecule has 37 heavy (non-hydrogen) atoms. The van der Waals surface area contributed by atoms with Gasteiger partial charge in [-0.15, -0.1) is 0 Å². The lowest BCUT2D eigenvalue weighted by Crippen LogP contribution is -2.57. The maximum Gasteiger partial charge on any atom is 0.247 e. The van der Waals surface area contributed by atoms with Gasteiger partial charge in [0.05, 0.1) is 6.04 Å². The first-order valence-electron chi connectivity index (χ1n) is 13.3. The van der Waals surface area contributed by atoms with E-state index in [2.05, 4.69) is 26.3 Å². The lowest BCUT2D eigenvalue weighted by molar-refractivity contribution is -0.142. The summed E-state index contributed by atoms with van der Waals surface area (Å²) in [7, 11) is 3.52. The molecule has 2 fully saturated rings. The summed E-state index contributed by atoms with van der Waals surface area (Å²) in [6.07, 6.45) is 6.41. The van der Waals surface area contributed by atoms with Crippen molar-refractivity contribution in [1.82, 2.24) is 20.5 Å². The van der Waals surface area contributed by atoms with Gasteiger partial charge in [-0.2, -0.15) is 0 Å². The molecule has 9 nitrogen and oxygen atoms in total. The van der Waals surface area contributed by atoms with E-state index in [1.807, 2.05) is 30.3 Å². The Bertz CT molecular complexity index is 1090. The molecule has 1 saturated heterocycles. The minimum atomic E-state index is -0.615. The maximum atomic E-state index is 13.9. The molecule has 3 amide bonds. The number of rotatable bonds is 9. The number of aromatic nitrogens is 1. The highest BCUT2D eigenvalue weighted by atomic mass is 32.1. The third kappa shape index (κ3) is 6.30. The van der Waals surface area contributed by atoms with Gasteiger partial charge in [-0.05, 0) is 45.6 Å². The van der Waals surface area contributed by atoms with Crippen LogP contribution >= 0.6 is 11.3 Å². The maximum absolute atomic E-state index is 13.9. The number of hydrogen-bond acceptors (Lipinski definition) is 7. The smallest absolute Gasteiger partial charge is 0.247 e. The number of thiazole rings is 1. The molecule has 0 bridgehead atoms. The van der Waals surface area contributed by atoms with Crippen molar-refractivity contribution in [1.29, 1.82) is 0 Å². The zero-order valence-corrected chi connectivity index (χ0v) is 22.7. The predicted molar refractivity (Wildman–Crippen MR) is 147 cm³/mol. The molecule has 2 aromatic rings. The number of likely N-dealkylation sites (tertiary alicyclic amines) is 1. The van der Waals surface area contributed by atoms with Gasteiger partial charge in [0.15, 0.2) is 5.13 Å². The number of hydrogen-bond donors (Lipinski definition) is 4. The van der Waals surface area contributed by atoms with Crippen molar-refractivity contribution < 1.29 is 14.4 Å². The van der Waals surface area contributed by atoms with E-state index in [1.54, 1.807) is 25.9 Å². The predicted octanol–water partition coefficient (Wildman–Crippen LogP) is 3.45. The summed E-state index contributed by atoms with van der Waals surface area (Å²) < 4.78 is 0. The van der Waals surface area contributed by atoms with E-state index < -0.39 is 18.1 Å². The van der Waals surface area contributed by atoms with Gasteiger partial charge in [-0.25, -0.2) is 4.98 Å². The van der Waals surface area contributed by atoms with E-state index in [0.29, 0.717) is 28.8 Å². The van der Waals surface area contributed by atoms with Crippen LogP contribution in [0.5, 0.6) is 0 Å². The highest BCUT2D eigenvalue weighted by molar-refractivity contribution is 7.20. The largest absolute Gasteiger partial charge is 0.365 e. The van der Waals surface area contributed by atoms with Gasteiger partial charge in [0, 0.05) is 19.2 Å². The number of benzene rings is 1. The highest BCUT2D eigenvalue weighted by Crippen LogP contribution is 2.36. The van der Waals surface area contributed by atoms with E-state index in [-0.39, 0.29) is 23.6 Å². The molecule has 1 aliphatic heterocycles. The van der Waals surface area contributed by atoms with Gasteiger partial charge >= 0.3 is 0 Å². The fourth-order valence-electron chi connectivity index (χ4n) is 5.24. The van der Waals surface area contributed by atoms with E-state index in [0.717, 1.165) is 44.1 Å². The fraction of sp³-hybridized carbons (Fsp3) is 0.556. The van der Waals surface area contributed by atoms with Crippen LogP contribution < -0.4 is 21.3 Å². The van der Waals surface area contributed by atoms with Crippen molar-refractivity contribution in [2.75, 3.05) is 31.3 Å². The Hall–Kier alpha value is -2.98. The normalized spacial score (nSPS) is 19.8. The molecule has 4 rings (SSSR count). The Labute approximate surface area is 222 Å². The second-order valence-corrected chi connectivity index (χ2v) is 10.9.